The number of thioether (sulfide) groups is 1. The number of pyridine rings is 1. The van der Waals surface area contributed by atoms with E-state index in [2.05, 4.69) is 5.32 Å². The van der Waals surface area contributed by atoms with Crippen LogP contribution in [0, 0.1) is 5.21 Å². The van der Waals surface area contributed by atoms with Crippen molar-refractivity contribution in [3.63, 3.8) is 0 Å². The molecular weight excluding hydrogens is 304 g/mol. The van der Waals surface area contributed by atoms with Gasteiger partial charge in [0.25, 0.3) is 5.03 Å². The van der Waals surface area contributed by atoms with Gasteiger partial charge in [0.2, 0.25) is 5.91 Å². The number of hydrogen-bond acceptors (Lipinski definition) is 5. The quantitative estimate of drug-likeness (QED) is 0.501. The zero-order valence-electron chi connectivity index (χ0n) is 12.2. The normalized spacial score (nSPS) is 10.1. The first-order valence-corrected chi connectivity index (χ1v) is 7.45. The molecule has 1 aromatic heterocycles. The lowest BCUT2D eigenvalue weighted by molar-refractivity contribution is -0.645. The molecule has 1 N–H and O–H groups in total. The molecule has 1 heterocycles. The van der Waals surface area contributed by atoms with Crippen LogP contribution in [-0.4, -0.2) is 25.9 Å². The minimum Gasteiger partial charge on any atom is -0.618 e. The van der Waals surface area contributed by atoms with Gasteiger partial charge < -0.3 is 20.0 Å². The van der Waals surface area contributed by atoms with Crippen LogP contribution < -0.4 is 19.5 Å². The minimum atomic E-state index is -0.225. The van der Waals surface area contributed by atoms with E-state index in [0.29, 0.717) is 22.2 Å². The summed E-state index contributed by atoms with van der Waals surface area (Å²) in [6, 6.07) is 10.2. The Morgan fingerprint density at radius 1 is 1.27 bits per heavy atom. The molecule has 0 aliphatic rings. The van der Waals surface area contributed by atoms with Crippen LogP contribution in [0.1, 0.15) is 0 Å². The number of ether oxygens (including phenoxy) is 2. The van der Waals surface area contributed by atoms with Gasteiger partial charge in [-0.25, -0.2) is 0 Å². The third-order valence-corrected chi connectivity index (χ3v) is 3.84. The molecule has 1 amide bonds. The van der Waals surface area contributed by atoms with Crippen molar-refractivity contribution < 1.29 is 19.0 Å². The van der Waals surface area contributed by atoms with Gasteiger partial charge in [0.05, 0.1) is 25.7 Å². The predicted octanol–water partition coefficient (Wildman–Crippen LogP) is 2.07. The van der Waals surface area contributed by atoms with Crippen molar-refractivity contribution >= 4 is 23.4 Å². The first kappa shape index (κ1) is 16.0. The highest BCUT2D eigenvalue weighted by Crippen LogP contribution is 2.29. The van der Waals surface area contributed by atoms with Crippen molar-refractivity contribution in [1.82, 2.24) is 0 Å². The summed E-state index contributed by atoms with van der Waals surface area (Å²) in [4.78, 5) is 12.0. The van der Waals surface area contributed by atoms with Gasteiger partial charge in [-0.1, -0.05) is 0 Å². The summed E-state index contributed by atoms with van der Waals surface area (Å²) in [5, 5.41) is 14.7. The summed E-state index contributed by atoms with van der Waals surface area (Å²) in [6.45, 7) is 0. The molecule has 0 bridgehead atoms. The van der Waals surface area contributed by atoms with Crippen LogP contribution in [-0.2, 0) is 4.79 Å². The lowest BCUT2D eigenvalue weighted by Crippen LogP contribution is -2.28. The highest BCUT2D eigenvalue weighted by atomic mass is 32.2. The molecular formula is C15H16N2O4S. The van der Waals surface area contributed by atoms with E-state index >= 15 is 0 Å². The lowest BCUT2D eigenvalue weighted by Gasteiger charge is -2.11. The van der Waals surface area contributed by atoms with E-state index in [4.69, 9.17) is 9.47 Å². The number of rotatable bonds is 6. The Labute approximate surface area is 132 Å². The molecule has 2 aromatic rings. The van der Waals surface area contributed by atoms with Crippen LogP contribution in [0.15, 0.2) is 47.6 Å². The van der Waals surface area contributed by atoms with Crippen molar-refractivity contribution in [3.05, 3.63) is 47.8 Å². The zero-order chi connectivity index (χ0) is 15.9. The van der Waals surface area contributed by atoms with Gasteiger partial charge in [0, 0.05) is 18.2 Å². The largest absolute Gasteiger partial charge is 0.618 e. The van der Waals surface area contributed by atoms with E-state index in [1.54, 1.807) is 43.5 Å². The number of anilines is 1. The minimum absolute atomic E-state index is 0.126. The molecule has 22 heavy (non-hydrogen) atoms. The van der Waals surface area contributed by atoms with Crippen LogP contribution in [0.2, 0.25) is 0 Å². The third-order valence-electron chi connectivity index (χ3n) is 2.82. The Balaban J connectivity index is 1.99. The molecule has 0 spiro atoms. The Morgan fingerprint density at radius 2 is 2.09 bits per heavy atom. The molecule has 7 heteroatoms. The molecule has 0 radical (unpaired) electrons. The summed E-state index contributed by atoms with van der Waals surface area (Å²) in [6.07, 6.45) is 1.40. The number of amides is 1. The van der Waals surface area contributed by atoms with Crippen molar-refractivity contribution in [2.45, 2.75) is 5.03 Å². The van der Waals surface area contributed by atoms with E-state index < -0.39 is 0 Å². The summed E-state index contributed by atoms with van der Waals surface area (Å²) in [5.74, 6) is 1.05. The van der Waals surface area contributed by atoms with Crippen molar-refractivity contribution in [2.75, 3.05) is 25.3 Å². The van der Waals surface area contributed by atoms with Crippen LogP contribution >= 0.6 is 11.8 Å². The topological polar surface area (TPSA) is 74.5 Å². The van der Waals surface area contributed by atoms with Crippen molar-refractivity contribution in [2.24, 2.45) is 0 Å². The number of methoxy groups -OCH3 is 2. The number of carbonyl (C=O) groups excluding carboxylic acids is 1. The standard InChI is InChI=1S/C15H16N2O4S/c1-20-11-6-7-12(13(9-11)21-2)16-14(18)10-22-15-5-3-4-8-17(15)19/h3-9H,10H2,1-2H3,(H,16,18). The molecule has 1 aromatic carbocycles. The maximum atomic E-state index is 12.0. The second-order valence-electron chi connectivity index (χ2n) is 4.27. The van der Waals surface area contributed by atoms with Crippen molar-refractivity contribution in [1.29, 1.82) is 0 Å². The van der Waals surface area contributed by atoms with E-state index in [9.17, 15) is 10.0 Å². The number of aromatic nitrogens is 1. The maximum absolute atomic E-state index is 12.0. The fraction of sp³-hybridized carbons (Fsp3) is 0.200. The molecule has 0 saturated carbocycles. The highest BCUT2D eigenvalue weighted by molar-refractivity contribution is 7.99. The molecule has 116 valence electrons. The number of carbonyl (C=O) groups is 1. The zero-order valence-corrected chi connectivity index (χ0v) is 13.1. The number of nitrogens with zero attached hydrogens (tertiary/aromatic N) is 1. The molecule has 2 rings (SSSR count). The maximum Gasteiger partial charge on any atom is 0.251 e. The van der Waals surface area contributed by atoms with E-state index in [1.165, 1.54) is 25.1 Å². The van der Waals surface area contributed by atoms with Crippen LogP contribution in [0.4, 0.5) is 5.69 Å². The number of benzene rings is 1. The monoisotopic (exact) mass is 320 g/mol. The fourth-order valence-electron chi connectivity index (χ4n) is 1.75. The molecule has 6 nitrogen and oxygen atoms in total. The van der Waals surface area contributed by atoms with E-state index in [1.807, 2.05) is 0 Å². The van der Waals surface area contributed by atoms with Gasteiger partial charge in [-0.15, -0.1) is 0 Å². The molecule has 0 fully saturated rings. The summed E-state index contributed by atoms with van der Waals surface area (Å²) in [7, 11) is 3.07. The van der Waals surface area contributed by atoms with E-state index in [0.717, 1.165) is 4.73 Å². The summed E-state index contributed by atoms with van der Waals surface area (Å²) in [5.41, 5.74) is 0.553. The van der Waals surface area contributed by atoms with Crippen molar-refractivity contribution in [3.8, 4) is 11.5 Å². The van der Waals surface area contributed by atoms with Gasteiger partial charge >= 0.3 is 0 Å². The summed E-state index contributed by atoms with van der Waals surface area (Å²) < 4.78 is 11.0. The van der Waals surface area contributed by atoms with Gasteiger partial charge in [-0.2, -0.15) is 4.73 Å². The van der Waals surface area contributed by atoms with Gasteiger partial charge in [0.1, 0.15) is 11.5 Å². The first-order valence-electron chi connectivity index (χ1n) is 6.47. The average molecular weight is 320 g/mol. The van der Waals surface area contributed by atoms with Gasteiger partial charge in [-0.05, 0) is 30.0 Å². The highest BCUT2D eigenvalue weighted by Gasteiger charge is 2.12. The number of nitrogens with one attached hydrogen (secondary N) is 1. The Bertz CT molecular complexity index is 664. The van der Waals surface area contributed by atoms with Gasteiger partial charge in [0.15, 0.2) is 6.20 Å². The SMILES string of the molecule is COc1ccc(NC(=O)CSc2cccc[n+]2[O-])c(OC)c1. The Morgan fingerprint density at radius 3 is 2.77 bits per heavy atom. The number of hydrogen-bond donors (Lipinski definition) is 1. The first-order chi connectivity index (χ1) is 10.6. The smallest absolute Gasteiger partial charge is 0.251 e. The molecule has 0 atom stereocenters. The second kappa shape index (κ2) is 7.56. The predicted molar refractivity (Wildman–Crippen MR) is 84.3 cm³/mol. The van der Waals surface area contributed by atoms with Crippen LogP contribution in [0.5, 0.6) is 11.5 Å². The molecule has 0 saturated heterocycles. The van der Waals surface area contributed by atoms with Gasteiger partial charge in [-0.3, -0.25) is 4.79 Å². The summed E-state index contributed by atoms with van der Waals surface area (Å²) >= 11 is 1.17. The van der Waals surface area contributed by atoms with Crippen LogP contribution in [0.3, 0.4) is 0 Å². The third kappa shape index (κ3) is 4.05. The van der Waals surface area contributed by atoms with Crippen LogP contribution in [0.25, 0.3) is 0 Å². The average Bonchev–Trinajstić information content (AvgIpc) is 2.54. The molecule has 0 aliphatic carbocycles. The second-order valence-corrected chi connectivity index (χ2v) is 5.26. The lowest BCUT2D eigenvalue weighted by atomic mass is 10.2. The molecule has 0 aliphatic heterocycles. The Kier molecular flexibility index (Phi) is 5.48. The molecule has 0 unspecified atom stereocenters. The Hall–Kier alpha value is -2.41. The van der Waals surface area contributed by atoms with E-state index in [-0.39, 0.29) is 11.7 Å². The fourth-order valence-corrected chi connectivity index (χ4v) is 2.47.